The third kappa shape index (κ3) is 4.48. The van der Waals surface area contributed by atoms with Crippen molar-refractivity contribution in [2.75, 3.05) is 32.6 Å². The molecule has 0 unspecified atom stereocenters. The molecule has 0 bridgehead atoms. The first kappa shape index (κ1) is 18.5. The molecule has 1 saturated heterocycles. The summed E-state index contributed by atoms with van der Waals surface area (Å²) in [5, 5.41) is 3.52. The van der Waals surface area contributed by atoms with Crippen LogP contribution in [0.1, 0.15) is 12.8 Å². The highest BCUT2D eigenvalue weighted by molar-refractivity contribution is 6.31. The maximum Gasteiger partial charge on any atom is 0.228 e. The van der Waals surface area contributed by atoms with Crippen LogP contribution in [0.25, 0.3) is 0 Å². The van der Waals surface area contributed by atoms with Gasteiger partial charge in [0.1, 0.15) is 0 Å². The quantitative estimate of drug-likeness (QED) is 0.841. The number of piperidine rings is 1. The van der Waals surface area contributed by atoms with Gasteiger partial charge in [-0.05, 0) is 56.8 Å². The summed E-state index contributed by atoms with van der Waals surface area (Å²) in [7, 11) is 3.63. The van der Waals surface area contributed by atoms with Crippen molar-refractivity contribution in [3.8, 4) is 17.2 Å². The number of halogens is 1. The zero-order valence-corrected chi connectivity index (χ0v) is 15.8. The smallest absolute Gasteiger partial charge is 0.228 e. The average Bonchev–Trinajstić information content (AvgIpc) is 2.64. The van der Waals surface area contributed by atoms with Gasteiger partial charge in [-0.25, -0.2) is 0 Å². The van der Waals surface area contributed by atoms with Crippen molar-refractivity contribution in [1.29, 1.82) is 0 Å². The fourth-order valence-corrected chi connectivity index (χ4v) is 3.30. The maximum atomic E-state index is 12.7. The number of carbonyl (C=O) groups excluding carboxylic acids is 1. The molecule has 2 aromatic carbocycles. The first-order valence-electron chi connectivity index (χ1n) is 8.66. The van der Waals surface area contributed by atoms with Gasteiger partial charge in [-0.1, -0.05) is 23.7 Å². The van der Waals surface area contributed by atoms with Crippen LogP contribution < -0.4 is 14.8 Å². The van der Waals surface area contributed by atoms with Gasteiger partial charge in [0.25, 0.3) is 0 Å². The van der Waals surface area contributed by atoms with Crippen LogP contribution in [-0.2, 0) is 4.79 Å². The van der Waals surface area contributed by atoms with Crippen molar-refractivity contribution in [3.05, 3.63) is 47.5 Å². The number of carbonyl (C=O) groups is 1. The van der Waals surface area contributed by atoms with Crippen LogP contribution in [0.15, 0.2) is 42.5 Å². The van der Waals surface area contributed by atoms with Crippen LogP contribution >= 0.6 is 11.6 Å². The number of para-hydroxylation sites is 2. The van der Waals surface area contributed by atoms with Gasteiger partial charge in [0.05, 0.1) is 18.7 Å². The van der Waals surface area contributed by atoms with Crippen molar-refractivity contribution >= 4 is 23.2 Å². The van der Waals surface area contributed by atoms with E-state index in [2.05, 4.69) is 10.2 Å². The highest BCUT2D eigenvalue weighted by Gasteiger charge is 2.25. The van der Waals surface area contributed by atoms with E-state index in [1.807, 2.05) is 31.3 Å². The normalized spacial score (nSPS) is 17.6. The van der Waals surface area contributed by atoms with Gasteiger partial charge >= 0.3 is 0 Å². The Bertz CT molecular complexity index is 781. The number of anilines is 1. The van der Waals surface area contributed by atoms with E-state index < -0.39 is 0 Å². The van der Waals surface area contributed by atoms with E-state index in [0.717, 1.165) is 25.9 Å². The Hall–Kier alpha value is -2.24. The van der Waals surface area contributed by atoms with E-state index >= 15 is 0 Å². The van der Waals surface area contributed by atoms with Crippen LogP contribution in [0.4, 0.5) is 5.69 Å². The standard InChI is InChI=1S/C20H23ClN2O3/c1-23-11-5-6-14(13-23)20(24)22-16-12-15(21)9-10-17(16)26-19-8-4-3-7-18(19)25-2/h3-4,7-10,12,14H,5-6,11,13H2,1-2H3,(H,22,24)/t14-/m1/s1. The molecule has 138 valence electrons. The largest absolute Gasteiger partial charge is 0.493 e. The Kier molecular flexibility index (Phi) is 6.01. The van der Waals surface area contributed by atoms with Crippen LogP contribution in [0, 0.1) is 5.92 Å². The Morgan fingerprint density at radius 1 is 1.19 bits per heavy atom. The summed E-state index contributed by atoms with van der Waals surface area (Å²) in [6.07, 6.45) is 1.91. The topological polar surface area (TPSA) is 50.8 Å². The zero-order chi connectivity index (χ0) is 18.5. The zero-order valence-electron chi connectivity index (χ0n) is 15.0. The van der Waals surface area contributed by atoms with E-state index in [0.29, 0.717) is 28.0 Å². The molecule has 1 heterocycles. The minimum Gasteiger partial charge on any atom is -0.493 e. The Labute approximate surface area is 158 Å². The predicted octanol–water partition coefficient (Wildman–Crippen LogP) is 4.42. The van der Waals surface area contributed by atoms with E-state index in [1.165, 1.54) is 0 Å². The molecule has 3 rings (SSSR count). The molecule has 1 N–H and O–H groups in total. The SMILES string of the molecule is COc1ccccc1Oc1ccc(Cl)cc1NC(=O)[C@@H]1CCCN(C)C1. The number of likely N-dealkylation sites (tertiary alicyclic amines) is 1. The molecule has 1 fully saturated rings. The first-order valence-corrected chi connectivity index (χ1v) is 9.04. The second-order valence-electron chi connectivity index (χ2n) is 6.48. The fourth-order valence-electron chi connectivity index (χ4n) is 3.13. The predicted molar refractivity (Wildman–Crippen MR) is 103 cm³/mol. The number of rotatable bonds is 5. The third-order valence-corrected chi connectivity index (χ3v) is 4.72. The molecule has 1 aliphatic rings. The van der Waals surface area contributed by atoms with Crippen LogP contribution in [0.2, 0.25) is 5.02 Å². The fraction of sp³-hybridized carbons (Fsp3) is 0.350. The summed E-state index contributed by atoms with van der Waals surface area (Å²) in [6.45, 7) is 1.79. The van der Waals surface area contributed by atoms with Crippen molar-refractivity contribution in [2.24, 2.45) is 5.92 Å². The minimum atomic E-state index is -0.0353. The molecule has 26 heavy (non-hydrogen) atoms. The summed E-state index contributed by atoms with van der Waals surface area (Å²) in [4.78, 5) is 14.9. The summed E-state index contributed by atoms with van der Waals surface area (Å²) >= 11 is 6.13. The van der Waals surface area contributed by atoms with Crippen molar-refractivity contribution in [2.45, 2.75) is 12.8 Å². The molecular formula is C20H23ClN2O3. The molecular weight excluding hydrogens is 352 g/mol. The number of methoxy groups -OCH3 is 1. The molecule has 6 heteroatoms. The monoisotopic (exact) mass is 374 g/mol. The molecule has 2 aromatic rings. The number of nitrogens with one attached hydrogen (secondary N) is 1. The summed E-state index contributed by atoms with van der Waals surface area (Å²) in [6, 6.07) is 12.6. The molecule has 0 aromatic heterocycles. The van der Waals surface area contributed by atoms with Gasteiger partial charge in [-0.2, -0.15) is 0 Å². The summed E-state index contributed by atoms with van der Waals surface area (Å²) in [5.74, 6) is 1.67. The number of ether oxygens (including phenoxy) is 2. The number of amides is 1. The third-order valence-electron chi connectivity index (χ3n) is 4.48. The molecule has 0 spiro atoms. The number of hydrogen-bond donors (Lipinski definition) is 1. The van der Waals surface area contributed by atoms with E-state index in [4.69, 9.17) is 21.1 Å². The first-order chi connectivity index (χ1) is 12.6. The lowest BCUT2D eigenvalue weighted by atomic mass is 9.97. The van der Waals surface area contributed by atoms with Crippen molar-refractivity contribution < 1.29 is 14.3 Å². The lowest BCUT2D eigenvalue weighted by Gasteiger charge is -2.29. The molecule has 5 nitrogen and oxygen atoms in total. The van der Waals surface area contributed by atoms with Gasteiger partial charge in [0.15, 0.2) is 17.2 Å². The van der Waals surface area contributed by atoms with Crippen molar-refractivity contribution in [1.82, 2.24) is 4.90 Å². The second kappa shape index (κ2) is 8.43. The molecule has 1 aliphatic heterocycles. The Morgan fingerprint density at radius 3 is 2.69 bits per heavy atom. The van der Waals surface area contributed by atoms with E-state index in [-0.39, 0.29) is 11.8 Å². The van der Waals surface area contributed by atoms with Gasteiger partial charge in [0, 0.05) is 11.6 Å². The lowest BCUT2D eigenvalue weighted by molar-refractivity contribution is -0.121. The number of benzene rings is 2. The molecule has 0 radical (unpaired) electrons. The molecule has 0 saturated carbocycles. The highest BCUT2D eigenvalue weighted by atomic mass is 35.5. The van der Waals surface area contributed by atoms with Gasteiger partial charge in [-0.3, -0.25) is 4.79 Å². The van der Waals surface area contributed by atoms with Crippen molar-refractivity contribution in [3.63, 3.8) is 0 Å². The van der Waals surface area contributed by atoms with Crippen LogP contribution in [-0.4, -0.2) is 38.1 Å². The molecule has 0 aliphatic carbocycles. The van der Waals surface area contributed by atoms with Crippen LogP contribution in [0.5, 0.6) is 17.2 Å². The van der Waals surface area contributed by atoms with Gasteiger partial charge < -0.3 is 19.7 Å². The summed E-state index contributed by atoms with van der Waals surface area (Å²) in [5.41, 5.74) is 0.557. The summed E-state index contributed by atoms with van der Waals surface area (Å²) < 4.78 is 11.3. The van der Waals surface area contributed by atoms with Crippen LogP contribution in [0.3, 0.4) is 0 Å². The second-order valence-corrected chi connectivity index (χ2v) is 6.92. The van der Waals surface area contributed by atoms with Gasteiger partial charge in [-0.15, -0.1) is 0 Å². The van der Waals surface area contributed by atoms with E-state index in [9.17, 15) is 4.79 Å². The lowest BCUT2D eigenvalue weighted by Crippen LogP contribution is -2.38. The Morgan fingerprint density at radius 2 is 1.96 bits per heavy atom. The van der Waals surface area contributed by atoms with Gasteiger partial charge in [0.2, 0.25) is 5.91 Å². The number of hydrogen-bond acceptors (Lipinski definition) is 4. The highest BCUT2D eigenvalue weighted by Crippen LogP contribution is 2.36. The molecule has 1 amide bonds. The van der Waals surface area contributed by atoms with E-state index in [1.54, 1.807) is 25.3 Å². The molecule has 1 atom stereocenters. The minimum absolute atomic E-state index is 0.0105. The average molecular weight is 375 g/mol. The maximum absolute atomic E-state index is 12.7. The Balaban J connectivity index is 1.80. The number of nitrogens with zero attached hydrogens (tertiary/aromatic N) is 1.